The summed E-state index contributed by atoms with van der Waals surface area (Å²) < 4.78 is 5.25. The van der Waals surface area contributed by atoms with Crippen LogP contribution in [0.5, 0.6) is 0 Å². The Balaban J connectivity index is 2.54. The van der Waals surface area contributed by atoms with E-state index in [1.165, 1.54) is 0 Å². The van der Waals surface area contributed by atoms with Gasteiger partial charge in [0.1, 0.15) is 5.16 Å². The Kier molecular flexibility index (Phi) is 3.63. The minimum Gasteiger partial charge on any atom is -0.378 e. The Hall–Kier alpha value is -0.210. The summed E-state index contributed by atoms with van der Waals surface area (Å²) in [6, 6.07) is 0. The van der Waals surface area contributed by atoms with Gasteiger partial charge in [0.15, 0.2) is 0 Å². The maximum absolute atomic E-state index is 6.18. The molecule has 0 spiro atoms. The number of ether oxygens (including phenoxy) is 1. The van der Waals surface area contributed by atoms with Crippen molar-refractivity contribution in [2.45, 2.75) is 20.8 Å². The minimum absolute atomic E-state index is 0.148. The van der Waals surface area contributed by atoms with Gasteiger partial charge in [-0.2, -0.15) is 0 Å². The first kappa shape index (κ1) is 10.9. The lowest BCUT2D eigenvalue weighted by molar-refractivity contribution is 0.0568. The van der Waals surface area contributed by atoms with Crippen molar-refractivity contribution in [1.82, 2.24) is 4.90 Å². The lowest BCUT2D eigenvalue weighted by atomic mass is 9.97. The molecule has 2 nitrogen and oxygen atoms in total. The number of halogens is 1. The van der Waals surface area contributed by atoms with Gasteiger partial charge in [0.25, 0.3) is 0 Å². The summed E-state index contributed by atoms with van der Waals surface area (Å²) in [5.74, 6) is 0. The molecule has 0 aromatic carbocycles. The van der Waals surface area contributed by atoms with Gasteiger partial charge in [0, 0.05) is 13.1 Å². The van der Waals surface area contributed by atoms with Crippen LogP contribution in [-0.4, -0.2) is 31.2 Å². The smallest absolute Gasteiger partial charge is 0.101 e. The molecule has 0 radical (unpaired) electrons. The van der Waals surface area contributed by atoms with E-state index in [0.29, 0.717) is 0 Å². The van der Waals surface area contributed by atoms with Crippen LogP contribution in [-0.2, 0) is 4.74 Å². The van der Waals surface area contributed by atoms with Crippen LogP contribution in [0.15, 0.2) is 11.2 Å². The average molecular weight is 204 g/mol. The van der Waals surface area contributed by atoms with Crippen molar-refractivity contribution in [1.29, 1.82) is 0 Å². The van der Waals surface area contributed by atoms with Crippen molar-refractivity contribution in [3.8, 4) is 0 Å². The molecule has 3 heteroatoms. The monoisotopic (exact) mass is 203 g/mol. The van der Waals surface area contributed by atoms with Gasteiger partial charge in [-0.05, 0) is 11.5 Å². The van der Waals surface area contributed by atoms with Crippen LogP contribution in [0.3, 0.4) is 0 Å². The van der Waals surface area contributed by atoms with Gasteiger partial charge in [-0.1, -0.05) is 32.4 Å². The van der Waals surface area contributed by atoms with E-state index < -0.39 is 0 Å². The molecule has 1 fully saturated rings. The van der Waals surface area contributed by atoms with Crippen LogP contribution >= 0.6 is 11.6 Å². The molecule has 1 heterocycles. The topological polar surface area (TPSA) is 12.5 Å². The summed E-state index contributed by atoms with van der Waals surface area (Å²) in [7, 11) is 0. The molecule has 1 rings (SSSR count). The molecular formula is C10H18ClNO. The predicted molar refractivity (Wildman–Crippen MR) is 55.8 cm³/mol. The number of nitrogens with zero attached hydrogens (tertiary/aromatic N) is 1. The van der Waals surface area contributed by atoms with Gasteiger partial charge < -0.3 is 9.64 Å². The van der Waals surface area contributed by atoms with Crippen LogP contribution in [0.2, 0.25) is 0 Å². The molecule has 0 aliphatic carbocycles. The second-order valence-electron chi connectivity index (χ2n) is 4.43. The van der Waals surface area contributed by atoms with Crippen molar-refractivity contribution < 1.29 is 4.74 Å². The lowest BCUT2D eigenvalue weighted by Gasteiger charge is -2.29. The summed E-state index contributed by atoms with van der Waals surface area (Å²) in [4.78, 5) is 2.16. The Labute approximate surface area is 85.5 Å². The van der Waals surface area contributed by atoms with E-state index in [-0.39, 0.29) is 5.41 Å². The molecule has 0 amide bonds. The molecule has 13 heavy (non-hydrogen) atoms. The van der Waals surface area contributed by atoms with E-state index in [4.69, 9.17) is 16.3 Å². The van der Waals surface area contributed by atoms with Gasteiger partial charge in [0.2, 0.25) is 0 Å². The third-order valence-corrected chi connectivity index (χ3v) is 2.21. The normalized spacial score (nSPS) is 20.6. The number of hydrogen-bond acceptors (Lipinski definition) is 2. The first-order valence-electron chi connectivity index (χ1n) is 4.70. The van der Waals surface area contributed by atoms with Gasteiger partial charge in [0.05, 0.1) is 13.2 Å². The maximum Gasteiger partial charge on any atom is 0.101 e. The molecule has 1 saturated heterocycles. The Morgan fingerprint density at radius 1 is 1.31 bits per heavy atom. The zero-order valence-electron chi connectivity index (χ0n) is 8.64. The van der Waals surface area contributed by atoms with Crippen molar-refractivity contribution in [3.05, 3.63) is 11.2 Å². The highest BCUT2D eigenvalue weighted by molar-refractivity contribution is 6.29. The van der Waals surface area contributed by atoms with Crippen LogP contribution in [0.25, 0.3) is 0 Å². The molecule has 76 valence electrons. The zero-order chi connectivity index (χ0) is 9.90. The fourth-order valence-corrected chi connectivity index (χ4v) is 1.72. The highest BCUT2D eigenvalue weighted by Gasteiger charge is 2.15. The number of morpholine rings is 1. The highest BCUT2D eigenvalue weighted by Crippen LogP contribution is 2.22. The standard InChI is InChI=1S/C10H18ClNO/c1-10(2,3)8-9(11)12-4-6-13-7-5-12/h8H,4-7H2,1-3H3/b9-8+. The molecule has 0 atom stereocenters. The fraction of sp³-hybridized carbons (Fsp3) is 0.800. The molecular weight excluding hydrogens is 186 g/mol. The van der Waals surface area contributed by atoms with Crippen LogP contribution in [0.4, 0.5) is 0 Å². The van der Waals surface area contributed by atoms with Crippen LogP contribution in [0.1, 0.15) is 20.8 Å². The number of hydrogen-bond donors (Lipinski definition) is 0. The van der Waals surface area contributed by atoms with Gasteiger partial charge in [-0.3, -0.25) is 0 Å². The molecule has 0 N–H and O–H groups in total. The predicted octanol–water partition coefficient (Wildman–Crippen LogP) is 2.44. The third-order valence-electron chi connectivity index (χ3n) is 1.87. The van der Waals surface area contributed by atoms with Crippen molar-refractivity contribution in [3.63, 3.8) is 0 Å². The SMILES string of the molecule is CC(C)(C)/C=C(\Cl)N1CCOCC1. The minimum atomic E-state index is 0.148. The first-order valence-corrected chi connectivity index (χ1v) is 5.08. The summed E-state index contributed by atoms with van der Waals surface area (Å²) in [6.45, 7) is 9.83. The summed E-state index contributed by atoms with van der Waals surface area (Å²) in [5, 5.41) is 0.857. The molecule has 0 aromatic heterocycles. The van der Waals surface area contributed by atoms with Crippen molar-refractivity contribution in [2.24, 2.45) is 5.41 Å². The average Bonchev–Trinajstić information content (AvgIpc) is 2.03. The maximum atomic E-state index is 6.18. The summed E-state index contributed by atoms with van der Waals surface area (Å²) in [5.41, 5.74) is 0.148. The molecule has 0 bridgehead atoms. The molecule has 0 aromatic rings. The molecule has 0 unspecified atom stereocenters. The van der Waals surface area contributed by atoms with Crippen LogP contribution < -0.4 is 0 Å². The fourth-order valence-electron chi connectivity index (χ4n) is 1.23. The second-order valence-corrected chi connectivity index (χ2v) is 4.82. The number of allylic oxidation sites excluding steroid dienone is 1. The van der Waals surface area contributed by atoms with Gasteiger partial charge in [-0.15, -0.1) is 0 Å². The van der Waals surface area contributed by atoms with Crippen molar-refractivity contribution in [2.75, 3.05) is 26.3 Å². The third kappa shape index (κ3) is 4.01. The van der Waals surface area contributed by atoms with E-state index in [1.54, 1.807) is 0 Å². The molecule has 0 saturated carbocycles. The van der Waals surface area contributed by atoms with Gasteiger partial charge in [-0.25, -0.2) is 0 Å². The second kappa shape index (κ2) is 4.34. The largest absolute Gasteiger partial charge is 0.378 e. The first-order chi connectivity index (χ1) is 5.99. The van der Waals surface area contributed by atoms with E-state index in [1.807, 2.05) is 0 Å². The summed E-state index contributed by atoms with van der Waals surface area (Å²) in [6.07, 6.45) is 2.10. The molecule has 1 aliphatic heterocycles. The Morgan fingerprint density at radius 2 is 1.85 bits per heavy atom. The van der Waals surface area contributed by atoms with Gasteiger partial charge >= 0.3 is 0 Å². The van der Waals surface area contributed by atoms with E-state index in [0.717, 1.165) is 31.5 Å². The molecule has 1 aliphatic rings. The van der Waals surface area contributed by atoms with E-state index in [9.17, 15) is 0 Å². The highest BCUT2D eigenvalue weighted by atomic mass is 35.5. The van der Waals surface area contributed by atoms with Crippen molar-refractivity contribution >= 4 is 11.6 Å². The quantitative estimate of drug-likeness (QED) is 0.607. The Morgan fingerprint density at radius 3 is 2.31 bits per heavy atom. The lowest BCUT2D eigenvalue weighted by Crippen LogP contribution is -2.34. The summed E-state index contributed by atoms with van der Waals surface area (Å²) >= 11 is 6.18. The Bertz CT molecular complexity index is 190. The zero-order valence-corrected chi connectivity index (χ0v) is 9.40. The number of rotatable bonds is 1. The van der Waals surface area contributed by atoms with E-state index in [2.05, 4.69) is 31.7 Å². The van der Waals surface area contributed by atoms with Crippen LogP contribution in [0, 0.1) is 5.41 Å². The van der Waals surface area contributed by atoms with E-state index >= 15 is 0 Å².